The molecule has 0 aliphatic carbocycles. The Labute approximate surface area is 209 Å². The molecule has 5 rings (SSSR count). The third-order valence-corrected chi connectivity index (χ3v) is 7.41. The summed E-state index contributed by atoms with van der Waals surface area (Å²) in [5, 5.41) is 19.5. The van der Waals surface area contributed by atoms with Crippen molar-refractivity contribution in [3.8, 4) is 5.75 Å². The zero-order valence-electron chi connectivity index (χ0n) is 18.8. The summed E-state index contributed by atoms with van der Waals surface area (Å²) < 4.78 is 5.86. The number of ether oxygens (including phenoxy) is 1. The van der Waals surface area contributed by atoms with Crippen molar-refractivity contribution in [2.75, 3.05) is 12.3 Å². The number of benzene rings is 2. The van der Waals surface area contributed by atoms with Crippen LogP contribution in [0.3, 0.4) is 0 Å². The monoisotopic (exact) mass is 507 g/mol. The van der Waals surface area contributed by atoms with E-state index in [1.54, 1.807) is 12.1 Å². The van der Waals surface area contributed by atoms with Crippen molar-refractivity contribution in [2.45, 2.75) is 25.6 Å². The van der Waals surface area contributed by atoms with E-state index in [0.29, 0.717) is 10.4 Å². The Bertz CT molecular complexity index is 1400. The summed E-state index contributed by atoms with van der Waals surface area (Å²) >= 11 is 1.04. The molecule has 1 atom stereocenters. The van der Waals surface area contributed by atoms with Gasteiger partial charge in [-0.25, -0.2) is 9.59 Å². The lowest BCUT2D eigenvalue weighted by molar-refractivity contribution is 0.0557. The summed E-state index contributed by atoms with van der Waals surface area (Å²) in [4.78, 5) is 52.9. The van der Waals surface area contributed by atoms with Gasteiger partial charge in [0.1, 0.15) is 17.4 Å². The minimum Gasteiger partial charge on any atom is -0.488 e. The van der Waals surface area contributed by atoms with E-state index in [2.05, 4.69) is 0 Å². The van der Waals surface area contributed by atoms with Crippen LogP contribution in [0.5, 0.6) is 5.75 Å². The quantitative estimate of drug-likeness (QED) is 0.430. The second-order valence-electron chi connectivity index (χ2n) is 8.49. The number of anilines is 1. The molecule has 184 valence electrons. The summed E-state index contributed by atoms with van der Waals surface area (Å²) in [5.41, 5.74) is 7.46. The van der Waals surface area contributed by atoms with Crippen LogP contribution in [-0.4, -0.2) is 56.5 Å². The van der Waals surface area contributed by atoms with Crippen LogP contribution >= 0.6 is 11.3 Å². The number of aromatic carboxylic acids is 1. The lowest BCUT2D eigenvalue weighted by Gasteiger charge is -2.35. The van der Waals surface area contributed by atoms with Gasteiger partial charge in [0.25, 0.3) is 11.8 Å². The number of hydrogen-bond donors (Lipinski definition) is 3. The molecule has 36 heavy (non-hydrogen) atoms. The molecule has 3 amide bonds. The van der Waals surface area contributed by atoms with E-state index in [1.165, 1.54) is 6.07 Å². The number of nitrogen functional groups attached to an aromatic ring is 1. The van der Waals surface area contributed by atoms with Crippen LogP contribution in [0.4, 0.5) is 9.80 Å². The van der Waals surface area contributed by atoms with Crippen molar-refractivity contribution >= 4 is 40.2 Å². The number of carboxylic acid groups (broad SMARTS) is 2. The minimum atomic E-state index is -1.24. The van der Waals surface area contributed by atoms with Crippen LogP contribution in [0, 0.1) is 0 Å². The lowest BCUT2D eigenvalue weighted by atomic mass is 9.96. The third-order valence-electron chi connectivity index (χ3n) is 6.36. The van der Waals surface area contributed by atoms with Crippen molar-refractivity contribution in [1.29, 1.82) is 0 Å². The number of carbonyl (C=O) groups excluding carboxylic acids is 2. The van der Waals surface area contributed by atoms with Crippen molar-refractivity contribution in [3.05, 3.63) is 81.2 Å². The summed E-state index contributed by atoms with van der Waals surface area (Å²) in [6.45, 7) is -0.106. The molecule has 11 heteroatoms. The number of thiophene rings is 1. The molecule has 10 nitrogen and oxygen atoms in total. The Balaban J connectivity index is 1.42. The van der Waals surface area contributed by atoms with Crippen LogP contribution in [0.2, 0.25) is 0 Å². The number of fused-ring (bicyclic) bond motifs is 2. The van der Waals surface area contributed by atoms with Gasteiger partial charge in [0.05, 0.1) is 35.8 Å². The predicted molar refractivity (Wildman–Crippen MR) is 129 cm³/mol. The predicted octanol–water partition coefficient (Wildman–Crippen LogP) is 3.31. The van der Waals surface area contributed by atoms with E-state index in [0.717, 1.165) is 26.7 Å². The molecule has 0 fully saturated rings. The molecule has 0 radical (unpaired) electrons. The molecule has 1 unspecified atom stereocenters. The Hall–Kier alpha value is -4.38. The van der Waals surface area contributed by atoms with Gasteiger partial charge in [-0.05, 0) is 29.7 Å². The summed E-state index contributed by atoms with van der Waals surface area (Å²) in [6, 6.07) is 13.3. The normalized spacial score (nSPS) is 16.6. The molecule has 2 aliphatic rings. The highest BCUT2D eigenvalue weighted by Crippen LogP contribution is 2.38. The highest BCUT2D eigenvalue weighted by atomic mass is 32.1. The molecule has 0 spiro atoms. The van der Waals surface area contributed by atoms with Crippen molar-refractivity contribution in [2.24, 2.45) is 0 Å². The molecule has 2 aliphatic heterocycles. The number of nitrogens with zero attached hydrogens (tertiary/aromatic N) is 2. The maximum atomic E-state index is 13.4. The summed E-state index contributed by atoms with van der Waals surface area (Å²) in [6.07, 6.45) is -1.22. The number of rotatable bonds is 6. The van der Waals surface area contributed by atoms with Gasteiger partial charge in [-0.2, -0.15) is 0 Å². The van der Waals surface area contributed by atoms with E-state index in [-0.39, 0.29) is 53.6 Å². The summed E-state index contributed by atoms with van der Waals surface area (Å²) in [5.74, 6) is -2.08. The lowest BCUT2D eigenvalue weighted by Crippen LogP contribution is -2.50. The van der Waals surface area contributed by atoms with Crippen molar-refractivity contribution < 1.29 is 34.1 Å². The maximum Gasteiger partial charge on any atom is 0.407 e. The van der Waals surface area contributed by atoms with Crippen molar-refractivity contribution in [3.63, 3.8) is 0 Å². The Morgan fingerprint density at radius 1 is 1.06 bits per heavy atom. The Kier molecular flexibility index (Phi) is 5.84. The van der Waals surface area contributed by atoms with Crippen molar-refractivity contribution in [1.82, 2.24) is 9.80 Å². The fraction of sp³-hybridized carbons (Fsp3) is 0.200. The number of carboxylic acids is 1. The SMILES string of the molecule is Nc1sc2c(c1C(=O)O)CC(CN1C(=O)c3cccc(OCc4ccccc4)c3C1=O)N(C(=O)O)C2. The van der Waals surface area contributed by atoms with Crippen LogP contribution in [0.1, 0.15) is 47.1 Å². The molecule has 3 heterocycles. The van der Waals surface area contributed by atoms with Gasteiger partial charge in [-0.15, -0.1) is 11.3 Å². The Morgan fingerprint density at radius 3 is 2.50 bits per heavy atom. The average Bonchev–Trinajstić information content (AvgIpc) is 3.31. The number of amides is 3. The number of nitrogens with two attached hydrogens (primary N) is 1. The number of imide groups is 1. The fourth-order valence-corrected chi connectivity index (χ4v) is 5.75. The zero-order valence-corrected chi connectivity index (χ0v) is 19.7. The second-order valence-corrected chi connectivity index (χ2v) is 9.63. The Morgan fingerprint density at radius 2 is 1.81 bits per heavy atom. The van der Waals surface area contributed by atoms with E-state index in [4.69, 9.17) is 10.5 Å². The zero-order chi connectivity index (χ0) is 25.6. The van der Waals surface area contributed by atoms with E-state index in [1.807, 2.05) is 30.3 Å². The second kappa shape index (κ2) is 9.00. The molecule has 1 aromatic heterocycles. The largest absolute Gasteiger partial charge is 0.488 e. The van der Waals surface area contributed by atoms with Gasteiger partial charge in [-0.3, -0.25) is 19.4 Å². The molecular weight excluding hydrogens is 486 g/mol. The van der Waals surface area contributed by atoms with E-state index >= 15 is 0 Å². The van der Waals surface area contributed by atoms with Crippen LogP contribution in [0.25, 0.3) is 0 Å². The number of hydrogen-bond acceptors (Lipinski definition) is 7. The number of carbonyl (C=O) groups is 4. The highest BCUT2D eigenvalue weighted by molar-refractivity contribution is 7.16. The van der Waals surface area contributed by atoms with Gasteiger partial charge in [0.15, 0.2) is 0 Å². The van der Waals surface area contributed by atoms with Crippen LogP contribution in [0.15, 0.2) is 48.5 Å². The van der Waals surface area contributed by atoms with Gasteiger partial charge >= 0.3 is 12.1 Å². The molecule has 2 aromatic carbocycles. The molecule has 0 bridgehead atoms. The minimum absolute atomic E-state index is 0.0156. The smallest absolute Gasteiger partial charge is 0.407 e. The molecule has 3 aromatic rings. The van der Waals surface area contributed by atoms with Gasteiger partial charge in [0.2, 0.25) is 0 Å². The van der Waals surface area contributed by atoms with E-state index < -0.39 is 29.9 Å². The third kappa shape index (κ3) is 3.93. The van der Waals surface area contributed by atoms with Gasteiger partial charge in [-0.1, -0.05) is 36.4 Å². The standard InChI is InChI=1S/C25H21N3O7S/c26-21-20(24(31)32)16-9-14(27(25(33)34)11-18(16)36-21)10-28-22(29)15-7-4-8-17(19(15)23(28)30)35-12-13-5-2-1-3-6-13/h1-8,14H,9-12,26H2,(H,31,32)(H,33,34). The highest BCUT2D eigenvalue weighted by Gasteiger charge is 2.42. The first-order valence-corrected chi connectivity index (χ1v) is 11.9. The molecule has 4 N–H and O–H groups in total. The fourth-order valence-electron chi connectivity index (χ4n) is 4.66. The first-order chi connectivity index (χ1) is 17.3. The first-order valence-electron chi connectivity index (χ1n) is 11.0. The summed E-state index contributed by atoms with van der Waals surface area (Å²) in [7, 11) is 0. The topological polar surface area (TPSA) is 150 Å². The maximum absolute atomic E-state index is 13.4. The molecule has 0 saturated heterocycles. The van der Waals surface area contributed by atoms with Gasteiger partial charge < -0.3 is 20.7 Å². The van der Waals surface area contributed by atoms with Gasteiger partial charge in [0, 0.05) is 4.88 Å². The average molecular weight is 508 g/mol. The van der Waals surface area contributed by atoms with Crippen LogP contribution in [-0.2, 0) is 19.6 Å². The van der Waals surface area contributed by atoms with E-state index in [9.17, 15) is 29.4 Å². The molecule has 0 saturated carbocycles. The first kappa shape index (κ1) is 23.4. The van der Waals surface area contributed by atoms with Crippen LogP contribution < -0.4 is 10.5 Å². The molecular formula is C25H21N3O7S.